The van der Waals surface area contributed by atoms with Gasteiger partial charge in [-0.2, -0.15) is 15.3 Å². The summed E-state index contributed by atoms with van der Waals surface area (Å²) in [5, 5.41) is 19.7. The maximum Gasteiger partial charge on any atom is 0.205 e. The molecule has 0 saturated carbocycles. The lowest BCUT2D eigenvalue weighted by molar-refractivity contribution is 0.644. The summed E-state index contributed by atoms with van der Waals surface area (Å²) < 4.78 is 1.95. The lowest BCUT2D eigenvalue weighted by Crippen LogP contribution is -2.21. The van der Waals surface area contributed by atoms with Gasteiger partial charge in [-0.1, -0.05) is 0 Å². The summed E-state index contributed by atoms with van der Waals surface area (Å²) in [4.78, 5) is 5.93. The summed E-state index contributed by atoms with van der Waals surface area (Å²) in [5.74, 6) is 2.35. The van der Waals surface area contributed by atoms with E-state index < -0.39 is 0 Å². The molecule has 1 aliphatic heterocycles. The van der Waals surface area contributed by atoms with Crippen LogP contribution in [0.25, 0.3) is 0 Å². The molecule has 0 saturated heterocycles. The van der Waals surface area contributed by atoms with Gasteiger partial charge in [0.25, 0.3) is 0 Å². The zero-order valence-electron chi connectivity index (χ0n) is 13.8. The standard InChI is InChI=1S/C14H20N8/c1-7-21-14(8(2)9(3)16-21)20(6)19-12-10(4)17-22-13(12)15-11(5)18-22/h7H2,1-6H3/b19-12-. The molecule has 0 fully saturated rings. The number of anilines is 1. The highest BCUT2D eigenvalue weighted by molar-refractivity contribution is 6.48. The number of aryl methyl sites for hydroxylation is 3. The molecule has 8 nitrogen and oxygen atoms in total. The average Bonchev–Trinajstić information content (AvgIpc) is 3.04. The van der Waals surface area contributed by atoms with Crippen LogP contribution in [0.3, 0.4) is 0 Å². The second-order valence-electron chi connectivity index (χ2n) is 5.38. The van der Waals surface area contributed by atoms with Crippen molar-refractivity contribution in [1.82, 2.24) is 24.7 Å². The molecule has 0 aromatic carbocycles. The molecule has 2 aromatic rings. The fraction of sp³-hybridized carbons (Fsp3) is 0.500. The predicted octanol–water partition coefficient (Wildman–Crippen LogP) is 1.50. The highest BCUT2D eigenvalue weighted by Gasteiger charge is 2.25. The first-order valence-corrected chi connectivity index (χ1v) is 7.28. The molecule has 0 aliphatic carbocycles. The number of hydrogen-bond donors (Lipinski definition) is 0. The van der Waals surface area contributed by atoms with E-state index in [0.29, 0.717) is 11.6 Å². The van der Waals surface area contributed by atoms with Crippen molar-refractivity contribution in [3.8, 4) is 0 Å². The van der Waals surface area contributed by atoms with E-state index in [1.807, 2.05) is 37.5 Å². The molecular weight excluding hydrogens is 280 g/mol. The molecule has 2 aromatic heterocycles. The third-order valence-corrected chi connectivity index (χ3v) is 3.75. The smallest absolute Gasteiger partial charge is 0.205 e. The molecule has 116 valence electrons. The summed E-state index contributed by atoms with van der Waals surface area (Å²) >= 11 is 0. The van der Waals surface area contributed by atoms with Gasteiger partial charge >= 0.3 is 0 Å². The number of rotatable bonds is 3. The highest BCUT2D eigenvalue weighted by atomic mass is 15.6. The van der Waals surface area contributed by atoms with Crippen molar-refractivity contribution < 1.29 is 0 Å². The van der Waals surface area contributed by atoms with Gasteiger partial charge in [0.15, 0.2) is 11.5 Å². The molecule has 8 heteroatoms. The van der Waals surface area contributed by atoms with E-state index in [4.69, 9.17) is 5.10 Å². The molecule has 22 heavy (non-hydrogen) atoms. The second kappa shape index (κ2) is 5.04. The van der Waals surface area contributed by atoms with Crippen molar-refractivity contribution in [2.75, 3.05) is 12.1 Å². The molecule has 0 bridgehead atoms. The van der Waals surface area contributed by atoms with Crippen molar-refractivity contribution in [2.24, 2.45) is 10.2 Å². The molecule has 0 N–H and O–H groups in total. The highest BCUT2D eigenvalue weighted by Crippen LogP contribution is 2.23. The largest absolute Gasteiger partial charge is 0.250 e. The Morgan fingerprint density at radius 2 is 1.86 bits per heavy atom. The maximum absolute atomic E-state index is 4.70. The maximum atomic E-state index is 4.70. The van der Waals surface area contributed by atoms with E-state index in [1.54, 1.807) is 0 Å². The van der Waals surface area contributed by atoms with Gasteiger partial charge in [-0.05, 0) is 34.6 Å². The molecule has 3 heterocycles. The lowest BCUT2D eigenvalue weighted by atomic mass is 10.2. The lowest BCUT2D eigenvalue weighted by Gasteiger charge is -2.16. The first-order chi connectivity index (χ1) is 10.4. The van der Waals surface area contributed by atoms with Crippen molar-refractivity contribution >= 4 is 17.2 Å². The Morgan fingerprint density at radius 1 is 1.14 bits per heavy atom. The van der Waals surface area contributed by atoms with E-state index in [1.165, 1.54) is 4.79 Å². The average molecular weight is 300 g/mol. The molecule has 1 aliphatic rings. The van der Waals surface area contributed by atoms with E-state index in [2.05, 4.69) is 34.1 Å². The zero-order valence-corrected chi connectivity index (χ0v) is 13.8. The first-order valence-electron chi connectivity index (χ1n) is 7.28. The van der Waals surface area contributed by atoms with Crippen LogP contribution in [0.5, 0.6) is 0 Å². The summed E-state index contributed by atoms with van der Waals surface area (Å²) in [7, 11) is 1.92. The molecule has 0 radical (unpaired) electrons. The molecule has 0 atom stereocenters. The van der Waals surface area contributed by atoms with E-state index in [9.17, 15) is 0 Å². The Bertz CT molecular complexity index is 792. The molecule has 0 spiro atoms. The van der Waals surface area contributed by atoms with Crippen LogP contribution in [0.15, 0.2) is 10.2 Å². The first kappa shape index (κ1) is 14.4. The predicted molar refractivity (Wildman–Crippen MR) is 85.6 cm³/mol. The normalized spacial score (nSPS) is 15.4. The minimum absolute atomic E-state index is 0.679. The van der Waals surface area contributed by atoms with Crippen LogP contribution in [0, 0.1) is 20.8 Å². The number of hydrazone groups is 1. The molecule has 0 amide bonds. The summed E-state index contributed by atoms with van der Waals surface area (Å²) in [6.45, 7) is 10.7. The third kappa shape index (κ3) is 2.11. The van der Waals surface area contributed by atoms with E-state index in [0.717, 1.165) is 35.0 Å². The Labute approximate surface area is 129 Å². The minimum Gasteiger partial charge on any atom is -0.250 e. The Balaban J connectivity index is 2.04. The Kier molecular flexibility index (Phi) is 3.31. The van der Waals surface area contributed by atoms with Crippen molar-refractivity contribution in [2.45, 2.75) is 41.2 Å². The minimum atomic E-state index is 0.679. The summed E-state index contributed by atoms with van der Waals surface area (Å²) in [6, 6.07) is 0. The van der Waals surface area contributed by atoms with Crippen LogP contribution in [0.2, 0.25) is 0 Å². The quantitative estimate of drug-likeness (QED) is 0.805. The summed E-state index contributed by atoms with van der Waals surface area (Å²) in [5.41, 5.74) is 3.68. The van der Waals surface area contributed by atoms with Crippen LogP contribution in [-0.4, -0.2) is 43.1 Å². The van der Waals surface area contributed by atoms with E-state index in [-0.39, 0.29) is 0 Å². The SMILES string of the molecule is CCn1nc(C)c(C)c1N(C)/N=C1/C(C)=Nn2nc(C)nc21. The van der Waals surface area contributed by atoms with Crippen LogP contribution < -0.4 is 5.01 Å². The van der Waals surface area contributed by atoms with Gasteiger partial charge < -0.3 is 0 Å². The van der Waals surface area contributed by atoms with Gasteiger partial charge in [0.2, 0.25) is 5.82 Å². The Morgan fingerprint density at radius 3 is 2.55 bits per heavy atom. The van der Waals surface area contributed by atoms with Gasteiger partial charge in [0.1, 0.15) is 5.82 Å². The molecule has 3 rings (SSSR count). The van der Waals surface area contributed by atoms with Crippen LogP contribution in [0.1, 0.15) is 36.8 Å². The monoisotopic (exact) mass is 300 g/mol. The van der Waals surface area contributed by atoms with E-state index >= 15 is 0 Å². The van der Waals surface area contributed by atoms with Crippen LogP contribution >= 0.6 is 0 Å². The van der Waals surface area contributed by atoms with Gasteiger partial charge in [-0.25, -0.2) is 9.67 Å². The van der Waals surface area contributed by atoms with Crippen molar-refractivity contribution in [3.63, 3.8) is 0 Å². The van der Waals surface area contributed by atoms with Gasteiger partial charge in [-0.15, -0.1) is 9.89 Å². The number of aromatic nitrogens is 5. The summed E-state index contributed by atoms with van der Waals surface area (Å²) in [6.07, 6.45) is 0. The van der Waals surface area contributed by atoms with Crippen molar-refractivity contribution in [1.29, 1.82) is 0 Å². The third-order valence-electron chi connectivity index (χ3n) is 3.75. The van der Waals surface area contributed by atoms with Gasteiger partial charge in [0.05, 0.1) is 11.4 Å². The van der Waals surface area contributed by atoms with Crippen LogP contribution in [0.4, 0.5) is 5.82 Å². The Hall–Kier alpha value is -2.51. The molecule has 0 unspecified atom stereocenters. The molecular formula is C14H20N8. The van der Waals surface area contributed by atoms with Gasteiger partial charge in [0, 0.05) is 19.2 Å². The van der Waals surface area contributed by atoms with Crippen LogP contribution in [-0.2, 0) is 6.54 Å². The fourth-order valence-electron chi connectivity index (χ4n) is 2.58. The number of hydrogen-bond acceptors (Lipinski definition) is 6. The fourth-order valence-corrected chi connectivity index (χ4v) is 2.58. The van der Waals surface area contributed by atoms with Crippen molar-refractivity contribution in [3.05, 3.63) is 22.9 Å². The topological polar surface area (TPSA) is 76.5 Å². The zero-order chi connectivity index (χ0) is 16.0. The number of fused-ring (bicyclic) bond motifs is 1. The number of nitrogens with zero attached hydrogens (tertiary/aromatic N) is 8. The second-order valence-corrected chi connectivity index (χ2v) is 5.38. The van der Waals surface area contributed by atoms with Gasteiger partial charge in [-0.3, -0.25) is 5.01 Å².